The van der Waals surface area contributed by atoms with Crippen LogP contribution in [-0.2, 0) is 29.5 Å². The van der Waals surface area contributed by atoms with E-state index < -0.39 is 11.1 Å². The summed E-state index contributed by atoms with van der Waals surface area (Å²) in [5.74, 6) is 1.17. The molecule has 1 aliphatic carbocycles. The standard InChI is InChI=1S/C15H28O5S/c1-18-12-13-6-8-14(9-7-13)15(16)20-10-4-3-5-11-21(17)19-2/h13-14H,3-12H2,1-2H3. The molecule has 0 bridgehead atoms. The zero-order valence-corrected chi connectivity index (χ0v) is 14.0. The minimum absolute atomic E-state index is 0.0497. The number of hydrogen-bond acceptors (Lipinski definition) is 5. The van der Waals surface area contributed by atoms with Gasteiger partial charge in [-0.2, -0.15) is 0 Å². The van der Waals surface area contributed by atoms with Gasteiger partial charge in [0.25, 0.3) is 0 Å². The van der Waals surface area contributed by atoms with Gasteiger partial charge in [0, 0.05) is 19.5 Å². The summed E-state index contributed by atoms with van der Waals surface area (Å²) in [4.78, 5) is 11.9. The van der Waals surface area contributed by atoms with Crippen LogP contribution >= 0.6 is 0 Å². The van der Waals surface area contributed by atoms with Crippen LogP contribution in [0.2, 0.25) is 0 Å². The predicted molar refractivity (Wildman–Crippen MR) is 82.2 cm³/mol. The fourth-order valence-electron chi connectivity index (χ4n) is 2.67. The van der Waals surface area contributed by atoms with Crippen molar-refractivity contribution in [2.75, 3.05) is 33.2 Å². The van der Waals surface area contributed by atoms with E-state index in [1.54, 1.807) is 7.11 Å². The van der Waals surface area contributed by atoms with E-state index in [1.165, 1.54) is 7.11 Å². The van der Waals surface area contributed by atoms with Crippen LogP contribution in [0.25, 0.3) is 0 Å². The van der Waals surface area contributed by atoms with Gasteiger partial charge in [-0.15, -0.1) is 0 Å². The number of esters is 1. The van der Waals surface area contributed by atoms with Crippen LogP contribution in [0.15, 0.2) is 0 Å². The Labute approximate surface area is 130 Å². The van der Waals surface area contributed by atoms with Crippen LogP contribution in [0.4, 0.5) is 0 Å². The van der Waals surface area contributed by atoms with Crippen LogP contribution < -0.4 is 0 Å². The number of carbonyl (C=O) groups is 1. The Morgan fingerprint density at radius 3 is 2.43 bits per heavy atom. The van der Waals surface area contributed by atoms with Crippen molar-refractivity contribution in [3.8, 4) is 0 Å². The fraction of sp³-hybridized carbons (Fsp3) is 0.933. The Bertz CT molecular complexity index is 313. The Morgan fingerprint density at radius 1 is 1.10 bits per heavy atom. The lowest BCUT2D eigenvalue weighted by Gasteiger charge is -2.26. The van der Waals surface area contributed by atoms with Crippen LogP contribution in [0.3, 0.4) is 0 Å². The summed E-state index contributed by atoms with van der Waals surface area (Å²) in [6, 6.07) is 0. The Morgan fingerprint density at radius 2 is 1.81 bits per heavy atom. The highest BCUT2D eigenvalue weighted by molar-refractivity contribution is 7.80. The third kappa shape index (κ3) is 7.93. The molecule has 1 unspecified atom stereocenters. The topological polar surface area (TPSA) is 61.8 Å². The Balaban J connectivity index is 2.03. The third-order valence-electron chi connectivity index (χ3n) is 3.97. The Hall–Kier alpha value is -0.460. The second-order valence-corrected chi connectivity index (χ2v) is 6.92. The largest absolute Gasteiger partial charge is 0.465 e. The molecule has 0 spiro atoms. The van der Waals surface area contributed by atoms with Gasteiger partial charge in [-0.05, 0) is 50.9 Å². The average Bonchev–Trinajstić information content (AvgIpc) is 2.51. The quantitative estimate of drug-likeness (QED) is 0.457. The zero-order chi connectivity index (χ0) is 15.5. The SMILES string of the molecule is COCC1CCC(C(=O)OCCCCCS(=O)OC)CC1. The molecular formula is C15H28O5S. The van der Waals surface area contributed by atoms with Gasteiger partial charge >= 0.3 is 5.97 Å². The number of unbranched alkanes of at least 4 members (excludes halogenated alkanes) is 2. The molecule has 0 aromatic carbocycles. The van der Waals surface area contributed by atoms with Crippen molar-refractivity contribution in [3.63, 3.8) is 0 Å². The first-order chi connectivity index (χ1) is 10.2. The lowest BCUT2D eigenvalue weighted by molar-refractivity contribution is -0.150. The van der Waals surface area contributed by atoms with Crippen molar-refractivity contribution < 1.29 is 22.7 Å². The van der Waals surface area contributed by atoms with E-state index in [0.717, 1.165) is 51.6 Å². The van der Waals surface area contributed by atoms with Crippen LogP contribution in [0, 0.1) is 11.8 Å². The van der Waals surface area contributed by atoms with Gasteiger partial charge in [-0.25, -0.2) is 4.21 Å². The fourth-order valence-corrected chi connectivity index (χ4v) is 3.28. The third-order valence-corrected chi connectivity index (χ3v) is 4.96. The summed E-state index contributed by atoms with van der Waals surface area (Å²) in [7, 11) is 3.17. The molecule has 0 heterocycles. The second kappa shape index (κ2) is 11.2. The lowest BCUT2D eigenvalue weighted by atomic mass is 9.82. The van der Waals surface area contributed by atoms with E-state index in [4.69, 9.17) is 9.47 Å². The number of ether oxygens (including phenoxy) is 2. The van der Waals surface area contributed by atoms with Gasteiger partial charge in [0.1, 0.15) is 0 Å². The van der Waals surface area contributed by atoms with E-state index in [2.05, 4.69) is 4.18 Å². The monoisotopic (exact) mass is 320 g/mol. The summed E-state index contributed by atoms with van der Waals surface area (Å²) < 4.78 is 26.2. The summed E-state index contributed by atoms with van der Waals surface area (Å²) in [6.07, 6.45) is 6.50. The maximum atomic E-state index is 11.9. The van der Waals surface area contributed by atoms with Gasteiger partial charge in [-0.1, -0.05) is 0 Å². The summed E-state index contributed by atoms with van der Waals surface area (Å²) in [5, 5.41) is 0. The first-order valence-electron chi connectivity index (χ1n) is 7.75. The van der Waals surface area contributed by atoms with E-state index in [-0.39, 0.29) is 11.9 Å². The molecule has 1 fully saturated rings. The van der Waals surface area contributed by atoms with Crippen LogP contribution in [-0.4, -0.2) is 43.4 Å². The number of hydrogen-bond donors (Lipinski definition) is 0. The summed E-state index contributed by atoms with van der Waals surface area (Å²) >= 11 is -1.17. The molecule has 1 atom stereocenters. The molecule has 0 aliphatic heterocycles. The van der Waals surface area contributed by atoms with Gasteiger partial charge in [-0.3, -0.25) is 8.98 Å². The number of carbonyl (C=O) groups excluding carboxylic acids is 1. The summed E-state index contributed by atoms with van der Waals surface area (Å²) in [5.41, 5.74) is 0. The van der Waals surface area contributed by atoms with E-state index in [0.29, 0.717) is 18.3 Å². The van der Waals surface area contributed by atoms with Crippen molar-refractivity contribution in [1.29, 1.82) is 0 Å². The zero-order valence-electron chi connectivity index (χ0n) is 13.2. The highest BCUT2D eigenvalue weighted by Gasteiger charge is 2.27. The van der Waals surface area contributed by atoms with Crippen molar-refractivity contribution >= 4 is 17.0 Å². The molecule has 0 saturated heterocycles. The predicted octanol–water partition coefficient (Wildman–Crippen LogP) is 2.46. The highest BCUT2D eigenvalue weighted by Crippen LogP contribution is 2.29. The molecule has 0 amide bonds. The molecule has 1 rings (SSSR count). The van der Waals surface area contributed by atoms with Crippen LogP contribution in [0.1, 0.15) is 44.9 Å². The maximum Gasteiger partial charge on any atom is 0.308 e. The van der Waals surface area contributed by atoms with Gasteiger partial charge in [0.15, 0.2) is 11.1 Å². The smallest absolute Gasteiger partial charge is 0.308 e. The van der Waals surface area contributed by atoms with E-state index >= 15 is 0 Å². The average molecular weight is 320 g/mol. The van der Waals surface area contributed by atoms with Gasteiger partial charge in [0.05, 0.1) is 19.6 Å². The summed E-state index contributed by atoms with van der Waals surface area (Å²) in [6.45, 7) is 1.26. The number of rotatable bonds is 10. The number of methoxy groups -OCH3 is 1. The molecule has 21 heavy (non-hydrogen) atoms. The van der Waals surface area contributed by atoms with Crippen molar-refractivity contribution in [1.82, 2.24) is 0 Å². The molecule has 1 saturated carbocycles. The van der Waals surface area contributed by atoms with Crippen molar-refractivity contribution in [2.45, 2.75) is 44.9 Å². The molecular weight excluding hydrogens is 292 g/mol. The van der Waals surface area contributed by atoms with Gasteiger partial charge in [0.2, 0.25) is 0 Å². The normalized spacial score (nSPS) is 23.7. The molecule has 0 N–H and O–H groups in total. The Kier molecular flexibility index (Phi) is 9.87. The molecule has 0 radical (unpaired) electrons. The molecule has 124 valence electrons. The minimum Gasteiger partial charge on any atom is -0.465 e. The van der Waals surface area contributed by atoms with Crippen molar-refractivity contribution in [3.05, 3.63) is 0 Å². The first kappa shape index (κ1) is 18.6. The molecule has 5 nitrogen and oxygen atoms in total. The second-order valence-electron chi connectivity index (χ2n) is 5.58. The molecule has 0 aromatic heterocycles. The van der Waals surface area contributed by atoms with Crippen molar-refractivity contribution in [2.24, 2.45) is 11.8 Å². The van der Waals surface area contributed by atoms with E-state index in [9.17, 15) is 9.00 Å². The lowest BCUT2D eigenvalue weighted by Crippen LogP contribution is -2.25. The minimum atomic E-state index is -1.17. The van der Waals surface area contributed by atoms with Crippen LogP contribution in [0.5, 0.6) is 0 Å². The molecule has 1 aliphatic rings. The molecule has 6 heteroatoms. The van der Waals surface area contributed by atoms with Gasteiger partial charge < -0.3 is 9.47 Å². The molecule has 0 aromatic rings. The maximum absolute atomic E-state index is 11.9. The first-order valence-corrected chi connectivity index (χ1v) is 9.00. The highest BCUT2D eigenvalue weighted by atomic mass is 32.2. The van der Waals surface area contributed by atoms with E-state index in [1.807, 2.05) is 0 Å².